The molecule has 0 atom stereocenters. The molecule has 0 aliphatic rings. The van der Waals surface area contributed by atoms with Gasteiger partial charge in [-0.1, -0.05) is 0 Å². The molecule has 1 heterocycles. The molecule has 102 valence electrons. The van der Waals surface area contributed by atoms with E-state index in [4.69, 9.17) is 5.11 Å². The smallest absolute Gasteiger partial charge is 0.182 e. The first-order valence-corrected chi connectivity index (χ1v) is 5.60. The zero-order chi connectivity index (χ0) is 13.8. The summed E-state index contributed by atoms with van der Waals surface area (Å²) in [5.74, 6) is -3.21. The van der Waals surface area contributed by atoms with Crippen molar-refractivity contribution in [1.82, 2.24) is 9.78 Å². The van der Waals surface area contributed by atoms with E-state index in [0.29, 0.717) is 18.2 Å². The maximum atomic E-state index is 13.4. The monoisotopic (exact) mass is 271 g/mol. The van der Waals surface area contributed by atoms with Crippen molar-refractivity contribution in [2.24, 2.45) is 0 Å². The minimum Gasteiger partial charge on any atom is -0.394 e. The number of benzene rings is 1. The zero-order valence-electron chi connectivity index (χ0n) is 9.91. The fraction of sp³-hybridized carbons (Fsp3) is 0.250. The van der Waals surface area contributed by atoms with Crippen LogP contribution in [0.25, 0.3) is 0 Å². The van der Waals surface area contributed by atoms with Crippen molar-refractivity contribution in [3.05, 3.63) is 47.5 Å². The number of hydrogen-bond acceptors (Lipinski definition) is 3. The molecule has 4 nitrogen and oxygen atoms in total. The molecule has 2 N–H and O–H groups in total. The van der Waals surface area contributed by atoms with Crippen LogP contribution < -0.4 is 5.32 Å². The van der Waals surface area contributed by atoms with Gasteiger partial charge in [0.2, 0.25) is 0 Å². The van der Waals surface area contributed by atoms with Gasteiger partial charge in [0.25, 0.3) is 0 Å². The fourth-order valence-electron chi connectivity index (χ4n) is 1.60. The second-order valence-electron chi connectivity index (χ2n) is 3.94. The number of halogens is 3. The number of aromatic nitrogens is 2. The van der Waals surface area contributed by atoms with E-state index in [0.717, 1.165) is 6.07 Å². The summed E-state index contributed by atoms with van der Waals surface area (Å²) in [5.41, 5.74) is 0.463. The van der Waals surface area contributed by atoms with Crippen LogP contribution in [-0.4, -0.2) is 21.5 Å². The molecule has 0 bridgehead atoms. The highest BCUT2D eigenvalue weighted by atomic mass is 19.2. The average molecular weight is 271 g/mol. The molecule has 0 spiro atoms. The van der Waals surface area contributed by atoms with Crippen molar-refractivity contribution in [2.45, 2.75) is 13.1 Å². The van der Waals surface area contributed by atoms with E-state index < -0.39 is 17.5 Å². The Labute approximate surface area is 107 Å². The zero-order valence-corrected chi connectivity index (χ0v) is 9.91. The van der Waals surface area contributed by atoms with Gasteiger partial charge in [0.05, 0.1) is 25.0 Å². The molecule has 0 fully saturated rings. The van der Waals surface area contributed by atoms with Gasteiger partial charge in [0.15, 0.2) is 11.6 Å². The van der Waals surface area contributed by atoms with Gasteiger partial charge in [-0.15, -0.1) is 0 Å². The number of nitrogens with zero attached hydrogens (tertiary/aromatic N) is 2. The molecule has 0 amide bonds. The average Bonchev–Trinajstić information content (AvgIpc) is 2.80. The minimum atomic E-state index is -1.24. The lowest BCUT2D eigenvalue weighted by Gasteiger charge is -2.07. The summed E-state index contributed by atoms with van der Waals surface area (Å²) in [6.45, 7) is 0.479. The minimum absolute atomic E-state index is 0.0434. The predicted octanol–water partition coefficient (Wildman–Crippen LogP) is 1.90. The van der Waals surface area contributed by atoms with Crippen molar-refractivity contribution in [3.63, 3.8) is 0 Å². The van der Waals surface area contributed by atoms with Crippen LogP contribution in [0.15, 0.2) is 24.5 Å². The van der Waals surface area contributed by atoms with Crippen molar-refractivity contribution >= 4 is 5.69 Å². The maximum absolute atomic E-state index is 13.4. The highest BCUT2D eigenvalue weighted by Gasteiger charge is 2.10. The van der Waals surface area contributed by atoms with E-state index in [1.54, 1.807) is 6.20 Å². The van der Waals surface area contributed by atoms with Gasteiger partial charge in [-0.3, -0.25) is 4.68 Å². The molecule has 2 rings (SSSR count). The Morgan fingerprint density at radius 1 is 1.26 bits per heavy atom. The second kappa shape index (κ2) is 5.75. The Hall–Kier alpha value is -2.02. The SMILES string of the molecule is OCCn1cc(CNc2cc(F)cc(F)c2F)cn1. The van der Waals surface area contributed by atoms with Crippen molar-refractivity contribution < 1.29 is 18.3 Å². The highest BCUT2D eigenvalue weighted by Crippen LogP contribution is 2.19. The van der Waals surface area contributed by atoms with E-state index in [9.17, 15) is 13.2 Å². The van der Waals surface area contributed by atoms with E-state index in [1.165, 1.54) is 10.9 Å². The normalized spacial score (nSPS) is 10.7. The van der Waals surface area contributed by atoms with Gasteiger partial charge in [-0.05, 0) is 0 Å². The van der Waals surface area contributed by atoms with Gasteiger partial charge in [0.1, 0.15) is 5.82 Å². The van der Waals surface area contributed by atoms with Crippen LogP contribution in [0.2, 0.25) is 0 Å². The summed E-state index contributed by atoms with van der Waals surface area (Å²) in [4.78, 5) is 0. The van der Waals surface area contributed by atoms with Gasteiger partial charge >= 0.3 is 0 Å². The Morgan fingerprint density at radius 2 is 2.05 bits per heavy atom. The molecule has 0 saturated heterocycles. The molecule has 0 radical (unpaired) electrons. The van der Waals surface area contributed by atoms with Gasteiger partial charge < -0.3 is 10.4 Å². The third kappa shape index (κ3) is 3.25. The molecule has 1 aromatic carbocycles. The van der Waals surface area contributed by atoms with E-state index >= 15 is 0 Å². The first-order valence-electron chi connectivity index (χ1n) is 5.60. The van der Waals surface area contributed by atoms with Gasteiger partial charge in [-0.25, -0.2) is 13.2 Å². The Bertz CT molecular complexity index is 571. The second-order valence-corrected chi connectivity index (χ2v) is 3.94. The molecule has 0 unspecified atom stereocenters. The van der Waals surface area contributed by atoms with E-state index in [-0.39, 0.29) is 18.8 Å². The van der Waals surface area contributed by atoms with Crippen LogP contribution in [0, 0.1) is 17.5 Å². The number of rotatable bonds is 5. The quantitative estimate of drug-likeness (QED) is 0.817. The van der Waals surface area contributed by atoms with Crippen LogP contribution in [0.4, 0.5) is 18.9 Å². The largest absolute Gasteiger partial charge is 0.394 e. The van der Waals surface area contributed by atoms with Crippen molar-refractivity contribution in [2.75, 3.05) is 11.9 Å². The topological polar surface area (TPSA) is 50.1 Å². The summed E-state index contributed by atoms with van der Waals surface area (Å²) in [7, 11) is 0. The molecule has 2 aromatic rings. The van der Waals surface area contributed by atoms with Crippen LogP contribution in [0.5, 0.6) is 0 Å². The van der Waals surface area contributed by atoms with Crippen molar-refractivity contribution in [1.29, 1.82) is 0 Å². The predicted molar refractivity (Wildman–Crippen MR) is 63.0 cm³/mol. The standard InChI is InChI=1S/C12H12F3N3O/c13-9-3-10(14)12(15)11(4-9)16-5-8-6-17-18(7-8)1-2-19/h3-4,6-7,16,19H,1-2,5H2. The summed E-state index contributed by atoms with van der Waals surface area (Å²) in [6.07, 6.45) is 3.17. The molecular formula is C12H12F3N3O. The lowest BCUT2D eigenvalue weighted by Crippen LogP contribution is -2.04. The Kier molecular flexibility index (Phi) is 4.06. The summed E-state index contributed by atoms with van der Waals surface area (Å²) in [5, 5.41) is 15.3. The van der Waals surface area contributed by atoms with Crippen molar-refractivity contribution in [3.8, 4) is 0 Å². The summed E-state index contributed by atoms with van der Waals surface area (Å²) >= 11 is 0. The van der Waals surface area contributed by atoms with Gasteiger partial charge in [0, 0.05) is 30.4 Å². The Balaban J connectivity index is 2.05. The molecule has 0 saturated carbocycles. The third-order valence-electron chi connectivity index (χ3n) is 2.49. The number of hydrogen-bond donors (Lipinski definition) is 2. The number of aliphatic hydroxyl groups excluding tert-OH is 1. The molecular weight excluding hydrogens is 259 g/mol. The van der Waals surface area contributed by atoms with Crippen LogP contribution in [0.1, 0.15) is 5.56 Å². The van der Waals surface area contributed by atoms with E-state index in [2.05, 4.69) is 10.4 Å². The first-order chi connectivity index (χ1) is 9.10. The summed E-state index contributed by atoms with van der Waals surface area (Å²) < 4.78 is 40.8. The highest BCUT2D eigenvalue weighted by molar-refractivity contribution is 5.45. The summed E-state index contributed by atoms with van der Waals surface area (Å²) in [6, 6.07) is 1.37. The number of aliphatic hydroxyl groups is 1. The van der Waals surface area contributed by atoms with Crippen LogP contribution in [-0.2, 0) is 13.1 Å². The molecule has 0 aliphatic carbocycles. The molecule has 1 aromatic heterocycles. The number of anilines is 1. The third-order valence-corrected chi connectivity index (χ3v) is 2.49. The maximum Gasteiger partial charge on any atom is 0.182 e. The molecule has 0 aliphatic heterocycles. The lowest BCUT2D eigenvalue weighted by atomic mass is 10.2. The Morgan fingerprint density at radius 3 is 2.79 bits per heavy atom. The lowest BCUT2D eigenvalue weighted by molar-refractivity contribution is 0.269. The van der Waals surface area contributed by atoms with Crippen LogP contribution in [0.3, 0.4) is 0 Å². The first kappa shape index (κ1) is 13.4. The fourth-order valence-corrected chi connectivity index (χ4v) is 1.60. The van der Waals surface area contributed by atoms with E-state index in [1.807, 2.05) is 0 Å². The number of nitrogens with one attached hydrogen (secondary N) is 1. The van der Waals surface area contributed by atoms with Gasteiger partial charge in [-0.2, -0.15) is 5.10 Å². The molecule has 19 heavy (non-hydrogen) atoms. The van der Waals surface area contributed by atoms with Crippen LogP contribution >= 0.6 is 0 Å². The molecule has 7 heteroatoms.